The zero-order valence-corrected chi connectivity index (χ0v) is 8.45. The van der Waals surface area contributed by atoms with Crippen LogP contribution in [-0.2, 0) is 9.59 Å². The normalized spacial score (nSPS) is 20.1. The van der Waals surface area contributed by atoms with Gasteiger partial charge in [0.05, 0.1) is 12.0 Å². The van der Waals surface area contributed by atoms with Crippen LogP contribution in [0, 0.1) is 11.3 Å². The number of carboxylic acids is 1. The highest BCUT2D eigenvalue weighted by Crippen LogP contribution is 2.54. The molecule has 0 bridgehead atoms. The zero-order chi connectivity index (χ0) is 10.8. The number of carbonyl (C=O) groups is 2. The number of carboxylic acid groups (broad SMARTS) is 1. The Morgan fingerprint density at radius 3 is 2.36 bits per heavy atom. The summed E-state index contributed by atoms with van der Waals surface area (Å²) in [5.41, 5.74) is 4.51. The molecule has 0 radical (unpaired) electrons. The number of Topliss-reactive ketones (excluding diaryl/α,β-unsaturated/α-hetero) is 1. The summed E-state index contributed by atoms with van der Waals surface area (Å²) in [6.07, 6.45) is 2.71. The molecule has 0 aromatic carbocycles. The number of ketones is 1. The van der Waals surface area contributed by atoms with Crippen LogP contribution in [0.2, 0.25) is 0 Å². The van der Waals surface area contributed by atoms with Crippen LogP contribution in [-0.4, -0.2) is 23.4 Å². The van der Waals surface area contributed by atoms with Crippen LogP contribution in [0.25, 0.3) is 0 Å². The highest BCUT2D eigenvalue weighted by Gasteiger charge is 2.57. The third-order valence-electron chi connectivity index (χ3n) is 3.05. The van der Waals surface area contributed by atoms with Gasteiger partial charge in [-0.15, -0.1) is 0 Å². The van der Waals surface area contributed by atoms with E-state index in [1.807, 2.05) is 6.92 Å². The molecule has 4 nitrogen and oxygen atoms in total. The number of aliphatic carboxylic acids is 1. The Kier molecular flexibility index (Phi) is 3.26. The van der Waals surface area contributed by atoms with Crippen LogP contribution in [0.5, 0.6) is 0 Å². The molecule has 1 atom stereocenters. The maximum atomic E-state index is 11.5. The molecule has 1 aliphatic rings. The minimum Gasteiger partial charge on any atom is -0.481 e. The van der Waals surface area contributed by atoms with Gasteiger partial charge in [-0.1, -0.05) is 13.3 Å². The molecule has 3 N–H and O–H groups in total. The van der Waals surface area contributed by atoms with E-state index in [4.69, 9.17) is 10.8 Å². The molecule has 0 amide bonds. The molecule has 0 heterocycles. The topological polar surface area (TPSA) is 80.4 Å². The maximum absolute atomic E-state index is 11.5. The molecule has 80 valence electrons. The Morgan fingerprint density at radius 2 is 2.07 bits per heavy atom. The van der Waals surface area contributed by atoms with E-state index in [2.05, 4.69) is 0 Å². The van der Waals surface area contributed by atoms with E-state index in [-0.39, 0.29) is 18.2 Å². The third kappa shape index (κ3) is 1.80. The van der Waals surface area contributed by atoms with Gasteiger partial charge in [0.15, 0.2) is 5.78 Å². The van der Waals surface area contributed by atoms with Gasteiger partial charge >= 0.3 is 5.97 Å². The van der Waals surface area contributed by atoms with Gasteiger partial charge in [-0.25, -0.2) is 0 Å². The molecule has 1 fully saturated rings. The summed E-state index contributed by atoms with van der Waals surface area (Å²) < 4.78 is 0. The van der Waals surface area contributed by atoms with Crippen molar-refractivity contribution in [2.75, 3.05) is 6.54 Å². The summed E-state index contributed by atoms with van der Waals surface area (Å²) in [6.45, 7) is 1.91. The van der Waals surface area contributed by atoms with Gasteiger partial charge in [0.1, 0.15) is 0 Å². The van der Waals surface area contributed by atoms with Crippen molar-refractivity contribution in [3.63, 3.8) is 0 Å². The Bertz CT molecular complexity index is 246. The van der Waals surface area contributed by atoms with Gasteiger partial charge in [-0.3, -0.25) is 9.59 Å². The first-order chi connectivity index (χ1) is 6.58. The van der Waals surface area contributed by atoms with Crippen LogP contribution in [0.1, 0.15) is 32.6 Å². The summed E-state index contributed by atoms with van der Waals surface area (Å²) in [6, 6.07) is 0. The highest BCUT2D eigenvalue weighted by molar-refractivity contribution is 5.91. The standard InChI is InChI=1S/C10H17NO3/c1-2-3-7(8(12)6-11)10(4-5-10)9(13)14/h7H,2-6,11H2,1H3,(H,13,14). The van der Waals surface area contributed by atoms with Crippen LogP contribution in [0.15, 0.2) is 0 Å². The van der Waals surface area contributed by atoms with Gasteiger partial charge in [-0.05, 0) is 19.3 Å². The minimum absolute atomic E-state index is 0.0420. The minimum atomic E-state index is -0.835. The molecule has 1 unspecified atom stereocenters. The Balaban J connectivity index is 2.77. The van der Waals surface area contributed by atoms with E-state index in [0.29, 0.717) is 19.3 Å². The SMILES string of the molecule is CCCC(C(=O)CN)C1(C(=O)O)CC1. The largest absolute Gasteiger partial charge is 0.481 e. The number of rotatable bonds is 6. The molecule has 1 saturated carbocycles. The number of hydrogen-bond donors (Lipinski definition) is 2. The van der Waals surface area contributed by atoms with Gasteiger partial charge in [0, 0.05) is 5.92 Å². The van der Waals surface area contributed by atoms with Crippen molar-refractivity contribution in [1.29, 1.82) is 0 Å². The van der Waals surface area contributed by atoms with Crippen LogP contribution >= 0.6 is 0 Å². The van der Waals surface area contributed by atoms with Crippen molar-refractivity contribution in [3.05, 3.63) is 0 Å². The second-order valence-corrected chi connectivity index (χ2v) is 3.97. The first kappa shape index (κ1) is 11.2. The quantitative estimate of drug-likeness (QED) is 0.663. The molecule has 0 spiro atoms. The molecular formula is C10H17NO3. The predicted molar refractivity (Wildman–Crippen MR) is 51.8 cm³/mol. The van der Waals surface area contributed by atoms with Crippen molar-refractivity contribution in [2.24, 2.45) is 17.1 Å². The zero-order valence-electron chi connectivity index (χ0n) is 8.45. The predicted octanol–water partition coefficient (Wildman–Crippen LogP) is 0.795. The lowest BCUT2D eigenvalue weighted by atomic mass is 9.82. The molecule has 0 saturated heterocycles. The van der Waals surface area contributed by atoms with Crippen LogP contribution < -0.4 is 5.73 Å². The summed E-state index contributed by atoms with van der Waals surface area (Å²) in [7, 11) is 0. The molecule has 0 aliphatic heterocycles. The average molecular weight is 199 g/mol. The van der Waals surface area contributed by atoms with Crippen molar-refractivity contribution < 1.29 is 14.7 Å². The summed E-state index contributed by atoms with van der Waals surface area (Å²) in [5, 5.41) is 9.05. The second kappa shape index (κ2) is 4.09. The molecule has 4 heteroatoms. The van der Waals surface area contributed by atoms with Gasteiger partial charge < -0.3 is 10.8 Å². The van der Waals surface area contributed by atoms with Crippen molar-refractivity contribution in [2.45, 2.75) is 32.6 Å². The summed E-state index contributed by atoms with van der Waals surface area (Å²) >= 11 is 0. The van der Waals surface area contributed by atoms with E-state index in [0.717, 1.165) is 6.42 Å². The Hall–Kier alpha value is -0.900. The highest BCUT2D eigenvalue weighted by atomic mass is 16.4. The van der Waals surface area contributed by atoms with Crippen LogP contribution in [0.4, 0.5) is 0 Å². The molecule has 0 aromatic heterocycles. The lowest BCUT2D eigenvalue weighted by molar-refractivity contribution is -0.148. The molecular weight excluding hydrogens is 182 g/mol. The van der Waals surface area contributed by atoms with Gasteiger partial charge in [0.25, 0.3) is 0 Å². The average Bonchev–Trinajstić information content (AvgIpc) is 2.94. The number of carbonyl (C=O) groups excluding carboxylic acids is 1. The van der Waals surface area contributed by atoms with Gasteiger partial charge in [-0.2, -0.15) is 0 Å². The Labute approximate surface area is 83.5 Å². The van der Waals surface area contributed by atoms with E-state index in [9.17, 15) is 9.59 Å². The summed E-state index contributed by atoms with van der Waals surface area (Å²) in [5.74, 6) is -1.31. The summed E-state index contributed by atoms with van der Waals surface area (Å²) in [4.78, 5) is 22.5. The Morgan fingerprint density at radius 1 is 1.50 bits per heavy atom. The van der Waals surface area contributed by atoms with Gasteiger partial charge in [0.2, 0.25) is 0 Å². The first-order valence-corrected chi connectivity index (χ1v) is 5.04. The van der Waals surface area contributed by atoms with Crippen molar-refractivity contribution in [3.8, 4) is 0 Å². The molecule has 0 aromatic rings. The van der Waals surface area contributed by atoms with E-state index in [1.165, 1.54) is 0 Å². The number of nitrogens with two attached hydrogens (primary N) is 1. The fraction of sp³-hybridized carbons (Fsp3) is 0.800. The fourth-order valence-corrected chi connectivity index (χ4v) is 2.02. The van der Waals surface area contributed by atoms with E-state index in [1.54, 1.807) is 0 Å². The molecule has 1 aliphatic carbocycles. The van der Waals surface area contributed by atoms with Crippen molar-refractivity contribution in [1.82, 2.24) is 0 Å². The number of hydrogen-bond acceptors (Lipinski definition) is 3. The lowest BCUT2D eigenvalue weighted by Gasteiger charge is -2.21. The third-order valence-corrected chi connectivity index (χ3v) is 3.05. The molecule has 1 rings (SSSR count). The smallest absolute Gasteiger partial charge is 0.310 e. The second-order valence-electron chi connectivity index (χ2n) is 3.97. The van der Waals surface area contributed by atoms with E-state index >= 15 is 0 Å². The monoisotopic (exact) mass is 199 g/mol. The lowest BCUT2D eigenvalue weighted by Crippen LogP contribution is -2.35. The van der Waals surface area contributed by atoms with E-state index < -0.39 is 11.4 Å². The van der Waals surface area contributed by atoms with Crippen LogP contribution in [0.3, 0.4) is 0 Å². The molecule has 14 heavy (non-hydrogen) atoms. The first-order valence-electron chi connectivity index (χ1n) is 5.04. The van der Waals surface area contributed by atoms with Crippen molar-refractivity contribution >= 4 is 11.8 Å². The maximum Gasteiger partial charge on any atom is 0.310 e. The fourth-order valence-electron chi connectivity index (χ4n) is 2.02.